The number of alkyl halides is 3. The second kappa shape index (κ2) is 22.2. The van der Waals surface area contributed by atoms with Gasteiger partial charge in [-0.3, -0.25) is 23.7 Å². The van der Waals surface area contributed by atoms with Crippen molar-refractivity contribution in [1.29, 1.82) is 0 Å². The monoisotopic (exact) mass is 867 g/mol. The van der Waals surface area contributed by atoms with Gasteiger partial charge in [-0.1, -0.05) is 95.5 Å². The van der Waals surface area contributed by atoms with E-state index >= 15 is 0 Å². The molecular formula is C35H41Cl3NO16P. The first-order valence-corrected chi connectivity index (χ1v) is 18.9. The fourth-order valence-electron chi connectivity index (χ4n) is 5.20. The summed E-state index contributed by atoms with van der Waals surface area (Å²) in [5.41, 5.74) is 1.39. The molecule has 2 aromatic carbocycles. The maximum atomic E-state index is 14.0. The van der Waals surface area contributed by atoms with E-state index in [0.29, 0.717) is 11.1 Å². The summed E-state index contributed by atoms with van der Waals surface area (Å²) in [5, 5.41) is 2.42. The van der Waals surface area contributed by atoms with Gasteiger partial charge in [-0.05, 0) is 11.1 Å². The van der Waals surface area contributed by atoms with Crippen LogP contribution in [0.2, 0.25) is 0 Å². The number of carbonyl (C=O) groups is 6. The van der Waals surface area contributed by atoms with Gasteiger partial charge in [0.25, 0.3) is 5.79 Å². The van der Waals surface area contributed by atoms with Crippen LogP contribution in [-0.2, 0) is 83.9 Å². The Bertz CT molecular complexity index is 1590. The predicted octanol–water partition coefficient (Wildman–Crippen LogP) is 5.14. The summed E-state index contributed by atoms with van der Waals surface area (Å²) in [5.74, 6) is -7.52. The summed E-state index contributed by atoms with van der Waals surface area (Å²) in [6.45, 7) is 2.46. The quantitative estimate of drug-likeness (QED) is 0.0890. The Morgan fingerprint density at radius 2 is 1.38 bits per heavy atom. The molecule has 6 atom stereocenters. The first-order chi connectivity index (χ1) is 26.4. The van der Waals surface area contributed by atoms with E-state index in [0.717, 1.165) is 34.8 Å². The number of alkyl carbamates (subject to hydrolysis) is 1. The van der Waals surface area contributed by atoms with Gasteiger partial charge in [0.1, 0.15) is 25.4 Å². The van der Waals surface area contributed by atoms with Crippen molar-refractivity contribution in [3.63, 3.8) is 0 Å². The number of rotatable bonds is 18. The van der Waals surface area contributed by atoms with Crippen LogP contribution >= 0.6 is 43.4 Å². The average molecular weight is 869 g/mol. The van der Waals surface area contributed by atoms with Crippen molar-refractivity contribution in [1.82, 2.24) is 5.32 Å². The summed E-state index contributed by atoms with van der Waals surface area (Å²) in [4.78, 5) is 76.7. The van der Waals surface area contributed by atoms with Crippen LogP contribution in [0.1, 0.15) is 45.2 Å². The Labute approximate surface area is 338 Å². The SMILES string of the molecule is COC(=O)C1(OP(OCc2ccccc2)OCc2ccccc2)C[C@H](OC(C)=O)[C@@H](NC(=O)OCC(Cl)(Cl)Cl)[C@H]([C@H](OC(C)=O)[C@@H](COC(C)=O)OC(C)=O)O1. The minimum atomic E-state index is -2.64. The number of hydrogen-bond acceptors (Lipinski definition) is 16. The first-order valence-electron chi connectivity index (χ1n) is 16.7. The molecule has 308 valence electrons. The number of nitrogens with one attached hydrogen (secondary N) is 1. The summed E-state index contributed by atoms with van der Waals surface area (Å²) in [6, 6.07) is 16.1. The van der Waals surface area contributed by atoms with Crippen LogP contribution in [0.15, 0.2) is 60.7 Å². The van der Waals surface area contributed by atoms with Gasteiger partial charge in [0.15, 0.2) is 12.2 Å². The van der Waals surface area contributed by atoms with Gasteiger partial charge in [0.05, 0.1) is 32.8 Å². The Hall–Kier alpha value is -3.80. The fraction of sp³-hybridized carbons (Fsp3) is 0.486. The summed E-state index contributed by atoms with van der Waals surface area (Å²) >= 11 is 17.3. The van der Waals surface area contributed by atoms with Gasteiger partial charge >= 0.3 is 44.5 Å². The third-order valence-corrected chi connectivity index (χ3v) is 8.81. The molecule has 1 amide bonds. The van der Waals surface area contributed by atoms with Gasteiger partial charge in [-0.15, -0.1) is 0 Å². The average Bonchev–Trinajstić information content (AvgIpc) is 3.13. The minimum absolute atomic E-state index is 0.0817. The van der Waals surface area contributed by atoms with E-state index in [1.165, 1.54) is 0 Å². The van der Waals surface area contributed by atoms with Gasteiger partial charge in [0, 0.05) is 27.7 Å². The first kappa shape index (κ1) is 46.6. The number of carbonyl (C=O) groups excluding carboxylic acids is 6. The topological polar surface area (TPSA) is 207 Å². The number of amides is 1. The molecule has 1 aliphatic heterocycles. The molecule has 1 aliphatic rings. The molecule has 56 heavy (non-hydrogen) atoms. The lowest BCUT2D eigenvalue weighted by Crippen LogP contribution is -2.69. The number of hydrogen-bond donors (Lipinski definition) is 1. The highest BCUT2D eigenvalue weighted by atomic mass is 35.6. The van der Waals surface area contributed by atoms with Crippen molar-refractivity contribution in [3.05, 3.63) is 71.8 Å². The van der Waals surface area contributed by atoms with E-state index < -0.39 is 104 Å². The van der Waals surface area contributed by atoms with E-state index in [4.69, 9.17) is 81.5 Å². The maximum absolute atomic E-state index is 14.0. The highest BCUT2D eigenvalue weighted by molar-refractivity contribution is 7.41. The zero-order valence-corrected chi connectivity index (χ0v) is 34.0. The van der Waals surface area contributed by atoms with Crippen LogP contribution in [0.4, 0.5) is 4.79 Å². The zero-order valence-electron chi connectivity index (χ0n) is 30.8. The van der Waals surface area contributed by atoms with Crippen molar-refractivity contribution in [2.45, 2.75) is 87.4 Å². The van der Waals surface area contributed by atoms with Crippen molar-refractivity contribution >= 4 is 79.3 Å². The third kappa shape index (κ3) is 15.6. The van der Waals surface area contributed by atoms with Crippen LogP contribution in [0.3, 0.4) is 0 Å². The predicted molar refractivity (Wildman–Crippen MR) is 197 cm³/mol. The maximum Gasteiger partial charge on any atom is 0.407 e. The molecule has 0 saturated carbocycles. The summed E-state index contributed by atoms with van der Waals surface area (Å²) < 4.78 is 54.6. The number of esters is 5. The minimum Gasteiger partial charge on any atom is -0.465 e. The molecule has 1 saturated heterocycles. The van der Waals surface area contributed by atoms with Crippen molar-refractivity contribution in [2.24, 2.45) is 0 Å². The highest BCUT2D eigenvalue weighted by Gasteiger charge is 2.61. The standard InChI is InChI=1S/C35H41Cl3NO16P/c1-21(40)47-19-28(52-23(3)42)30(53-24(4)43)31-29(39-33(45)48-20-35(36,37)38)27(51-22(2)41)16-34(54-31,32(44)46-5)55-56(49-17-25-12-8-6-9-13-25)50-18-26-14-10-7-11-15-26/h6-15,27-31H,16-20H2,1-5H3,(H,39,45)/t27-,28+,29+,30+,31+,34?/m0/s1. The molecule has 1 heterocycles. The van der Waals surface area contributed by atoms with Crippen LogP contribution in [0.5, 0.6) is 0 Å². The van der Waals surface area contributed by atoms with E-state index in [1.807, 2.05) is 0 Å². The molecule has 21 heteroatoms. The van der Waals surface area contributed by atoms with E-state index in [1.54, 1.807) is 60.7 Å². The Morgan fingerprint density at radius 1 is 0.821 bits per heavy atom. The second-order valence-corrected chi connectivity index (χ2v) is 15.6. The molecule has 1 N–H and O–H groups in total. The fourth-order valence-corrected chi connectivity index (χ4v) is 6.48. The van der Waals surface area contributed by atoms with Gasteiger partial charge < -0.3 is 47.5 Å². The van der Waals surface area contributed by atoms with Crippen LogP contribution in [-0.4, -0.2) is 96.3 Å². The van der Waals surface area contributed by atoms with Crippen LogP contribution < -0.4 is 5.32 Å². The van der Waals surface area contributed by atoms with Crippen LogP contribution in [0, 0.1) is 0 Å². The number of methoxy groups -OCH3 is 1. The molecule has 0 spiro atoms. The number of halogens is 3. The molecule has 1 fully saturated rings. The lowest BCUT2D eigenvalue weighted by atomic mass is 9.88. The molecule has 3 rings (SSSR count). The lowest BCUT2D eigenvalue weighted by molar-refractivity contribution is -0.291. The van der Waals surface area contributed by atoms with Crippen molar-refractivity contribution < 1.29 is 75.5 Å². The van der Waals surface area contributed by atoms with Crippen molar-refractivity contribution in [2.75, 3.05) is 20.3 Å². The van der Waals surface area contributed by atoms with E-state index in [2.05, 4.69) is 5.32 Å². The Balaban J connectivity index is 2.21. The third-order valence-electron chi connectivity index (χ3n) is 7.36. The Kier molecular flexibility index (Phi) is 18.5. The van der Waals surface area contributed by atoms with E-state index in [-0.39, 0.29) is 13.2 Å². The summed E-state index contributed by atoms with van der Waals surface area (Å²) in [7, 11) is -1.58. The van der Waals surface area contributed by atoms with Gasteiger partial charge in [-0.2, -0.15) is 0 Å². The van der Waals surface area contributed by atoms with Gasteiger partial charge in [0.2, 0.25) is 3.79 Å². The largest absolute Gasteiger partial charge is 0.465 e. The molecule has 0 bridgehead atoms. The summed E-state index contributed by atoms with van der Waals surface area (Å²) in [6.07, 6.45) is -9.02. The number of benzene rings is 2. The zero-order chi connectivity index (χ0) is 41.5. The number of ether oxygens (including phenoxy) is 7. The smallest absolute Gasteiger partial charge is 0.407 e. The molecule has 0 radical (unpaired) electrons. The second-order valence-electron chi connectivity index (χ2n) is 11.9. The normalized spacial score (nSPS) is 20.5. The highest BCUT2D eigenvalue weighted by Crippen LogP contribution is 2.50. The van der Waals surface area contributed by atoms with Crippen LogP contribution in [0.25, 0.3) is 0 Å². The van der Waals surface area contributed by atoms with E-state index in [9.17, 15) is 28.8 Å². The van der Waals surface area contributed by atoms with Crippen molar-refractivity contribution in [3.8, 4) is 0 Å². The molecule has 0 aromatic heterocycles. The molecular weight excluding hydrogens is 828 g/mol. The Morgan fingerprint density at radius 3 is 1.84 bits per heavy atom. The lowest BCUT2D eigenvalue weighted by Gasteiger charge is -2.48. The molecule has 1 unspecified atom stereocenters. The molecule has 17 nitrogen and oxygen atoms in total. The van der Waals surface area contributed by atoms with Gasteiger partial charge in [-0.25, -0.2) is 9.59 Å². The molecule has 2 aromatic rings. The molecule has 0 aliphatic carbocycles.